The first-order chi connectivity index (χ1) is 12.7. The number of carbonyl (C=O) groups excluding carboxylic acids is 2. The molecule has 0 spiro atoms. The molecule has 1 atom stereocenters. The fraction of sp³-hybridized carbons (Fsp3) is 0.300. The third kappa shape index (κ3) is 5.21. The molecular formula is C20H21Cl2FN2O2. The molecule has 0 aromatic heterocycles. The molecule has 0 aliphatic rings. The van der Waals surface area contributed by atoms with Crippen molar-refractivity contribution >= 4 is 35.0 Å². The van der Waals surface area contributed by atoms with Crippen LogP contribution in [0, 0.1) is 11.7 Å². The molecule has 0 radical (unpaired) electrons. The fourth-order valence-electron chi connectivity index (χ4n) is 2.61. The van der Waals surface area contributed by atoms with Crippen LogP contribution in [-0.4, -0.2) is 29.8 Å². The highest BCUT2D eigenvalue weighted by Gasteiger charge is 2.28. The zero-order valence-corrected chi connectivity index (χ0v) is 16.8. The summed E-state index contributed by atoms with van der Waals surface area (Å²) in [5.74, 6) is -1.44. The summed E-state index contributed by atoms with van der Waals surface area (Å²) in [6.45, 7) is 3.63. The molecular weight excluding hydrogens is 390 g/mol. The average Bonchev–Trinajstić information content (AvgIpc) is 2.62. The van der Waals surface area contributed by atoms with Gasteiger partial charge >= 0.3 is 0 Å². The number of carbonyl (C=O) groups is 2. The molecule has 2 rings (SSSR count). The average molecular weight is 411 g/mol. The molecule has 4 nitrogen and oxygen atoms in total. The van der Waals surface area contributed by atoms with Crippen LogP contribution in [0.4, 0.5) is 4.39 Å². The minimum absolute atomic E-state index is 0.00444. The summed E-state index contributed by atoms with van der Waals surface area (Å²) in [4.78, 5) is 26.8. The molecule has 2 aromatic carbocycles. The van der Waals surface area contributed by atoms with Crippen LogP contribution in [0.2, 0.25) is 10.0 Å². The van der Waals surface area contributed by atoms with Crippen LogP contribution in [0.25, 0.3) is 0 Å². The molecule has 27 heavy (non-hydrogen) atoms. The summed E-state index contributed by atoms with van der Waals surface area (Å²) in [5, 5.41) is 3.28. The van der Waals surface area contributed by atoms with Crippen molar-refractivity contribution in [2.75, 3.05) is 7.05 Å². The van der Waals surface area contributed by atoms with Gasteiger partial charge in [0.2, 0.25) is 5.91 Å². The van der Waals surface area contributed by atoms with Gasteiger partial charge in [-0.1, -0.05) is 55.2 Å². The Balaban J connectivity index is 2.17. The van der Waals surface area contributed by atoms with Crippen LogP contribution < -0.4 is 5.32 Å². The van der Waals surface area contributed by atoms with Gasteiger partial charge in [-0.15, -0.1) is 0 Å². The summed E-state index contributed by atoms with van der Waals surface area (Å²) >= 11 is 12.1. The molecule has 0 aliphatic carbocycles. The zero-order chi connectivity index (χ0) is 20.1. The van der Waals surface area contributed by atoms with E-state index in [9.17, 15) is 14.0 Å². The van der Waals surface area contributed by atoms with Gasteiger partial charge in [0.05, 0.1) is 10.6 Å². The van der Waals surface area contributed by atoms with Gasteiger partial charge in [0.1, 0.15) is 11.9 Å². The predicted molar refractivity (Wildman–Crippen MR) is 105 cm³/mol. The third-order valence-electron chi connectivity index (χ3n) is 4.17. The second-order valence-corrected chi connectivity index (χ2v) is 7.38. The molecule has 2 amide bonds. The number of hydrogen-bond donors (Lipinski definition) is 1. The minimum Gasteiger partial charge on any atom is -0.340 e. The Morgan fingerprint density at radius 1 is 1.07 bits per heavy atom. The lowest BCUT2D eigenvalue weighted by Gasteiger charge is -2.27. The van der Waals surface area contributed by atoms with Crippen molar-refractivity contribution in [2.24, 2.45) is 5.92 Å². The molecule has 0 unspecified atom stereocenters. The second-order valence-electron chi connectivity index (χ2n) is 6.57. The molecule has 0 saturated carbocycles. The van der Waals surface area contributed by atoms with Gasteiger partial charge in [-0.2, -0.15) is 0 Å². The van der Waals surface area contributed by atoms with Gasteiger partial charge in [0.15, 0.2) is 0 Å². The third-order valence-corrected chi connectivity index (χ3v) is 4.85. The molecule has 0 aliphatic heterocycles. The largest absolute Gasteiger partial charge is 0.340 e. The summed E-state index contributed by atoms with van der Waals surface area (Å²) in [6, 6.07) is 10.2. The summed E-state index contributed by atoms with van der Waals surface area (Å²) in [6.07, 6.45) is 0. The Hall–Kier alpha value is -2.11. The Bertz CT molecular complexity index is 822. The van der Waals surface area contributed by atoms with E-state index in [4.69, 9.17) is 23.2 Å². The van der Waals surface area contributed by atoms with E-state index in [1.807, 2.05) is 13.8 Å². The van der Waals surface area contributed by atoms with Gasteiger partial charge in [0.25, 0.3) is 5.91 Å². The standard InChI is InChI=1S/C20H21Cl2FN2O2/c1-12(2)18(24-19(26)13-7-4-5-8-15(13)21)20(27)25(3)11-14-16(22)9-6-10-17(14)23/h4-10,12,18H,11H2,1-3H3,(H,24,26)/t18-/m0/s1. The molecule has 0 bridgehead atoms. The summed E-state index contributed by atoms with van der Waals surface area (Å²) < 4.78 is 14.0. The van der Waals surface area contributed by atoms with Crippen molar-refractivity contribution in [3.8, 4) is 0 Å². The molecule has 2 aromatic rings. The van der Waals surface area contributed by atoms with Gasteiger partial charge in [-0.25, -0.2) is 4.39 Å². The lowest BCUT2D eigenvalue weighted by atomic mass is 10.0. The van der Waals surface area contributed by atoms with E-state index in [0.717, 1.165) is 0 Å². The zero-order valence-electron chi connectivity index (χ0n) is 15.3. The number of halogens is 3. The normalized spacial score (nSPS) is 12.0. The van der Waals surface area contributed by atoms with Gasteiger partial charge < -0.3 is 10.2 Å². The van der Waals surface area contributed by atoms with Crippen molar-refractivity contribution in [3.05, 3.63) is 69.5 Å². The van der Waals surface area contributed by atoms with E-state index in [-0.39, 0.29) is 34.5 Å². The van der Waals surface area contributed by atoms with Gasteiger partial charge in [-0.05, 0) is 30.2 Å². The van der Waals surface area contributed by atoms with E-state index in [1.165, 1.54) is 17.0 Å². The molecule has 144 valence electrons. The van der Waals surface area contributed by atoms with Gasteiger partial charge in [0, 0.05) is 24.2 Å². The lowest BCUT2D eigenvalue weighted by molar-refractivity contribution is -0.133. The smallest absolute Gasteiger partial charge is 0.253 e. The van der Waals surface area contributed by atoms with E-state index >= 15 is 0 Å². The monoisotopic (exact) mass is 410 g/mol. The Morgan fingerprint density at radius 3 is 2.30 bits per heavy atom. The quantitative estimate of drug-likeness (QED) is 0.759. The van der Waals surface area contributed by atoms with Crippen molar-refractivity contribution < 1.29 is 14.0 Å². The highest BCUT2D eigenvalue weighted by Crippen LogP contribution is 2.21. The fourth-order valence-corrected chi connectivity index (χ4v) is 3.06. The molecule has 1 N–H and O–H groups in total. The topological polar surface area (TPSA) is 49.4 Å². The van der Waals surface area contributed by atoms with Crippen LogP contribution in [0.15, 0.2) is 42.5 Å². The van der Waals surface area contributed by atoms with Crippen LogP contribution in [0.5, 0.6) is 0 Å². The van der Waals surface area contributed by atoms with E-state index in [0.29, 0.717) is 5.02 Å². The van der Waals surface area contributed by atoms with Crippen molar-refractivity contribution in [3.63, 3.8) is 0 Å². The number of amides is 2. The first-order valence-corrected chi connectivity index (χ1v) is 9.21. The van der Waals surface area contributed by atoms with Crippen LogP contribution >= 0.6 is 23.2 Å². The van der Waals surface area contributed by atoms with Crippen LogP contribution in [-0.2, 0) is 11.3 Å². The van der Waals surface area contributed by atoms with Gasteiger partial charge in [-0.3, -0.25) is 9.59 Å². The van der Waals surface area contributed by atoms with Crippen LogP contribution in [0.3, 0.4) is 0 Å². The number of likely N-dealkylation sites (N-methyl/N-ethyl adjacent to an activating group) is 1. The Kier molecular flexibility index (Phi) is 7.22. The number of rotatable bonds is 6. The number of hydrogen-bond acceptors (Lipinski definition) is 2. The Morgan fingerprint density at radius 2 is 1.70 bits per heavy atom. The lowest BCUT2D eigenvalue weighted by Crippen LogP contribution is -2.50. The molecule has 0 heterocycles. The van der Waals surface area contributed by atoms with Crippen molar-refractivity contribution in [1.82, 2.24) is 10.2 Å². The number of benzene rings is 2. The molecule has 0 saturated heterocycles. The second kappa shape index (κ2) is 9.20. The Labute approximate surface area is 168 Å². The maximum atomic E-state index is 14.0. The highest BCUT2D eigenvalue weighted by molar-refractivity contribution is 6.33. The van der Waals surface area contributed by atoms with E-state index in [2.05, 4.69) is 5.32 Å². The first kappa shape index (κ1) is 21.2. The van der Waals surface area contributed by atoms with E-state index < -0.39 is 17.8 Å². The van der Waals surface area contributed by atoms with Crippen molar-refractivity contribution in [1.29, 1.82) is 0 Å². The minimum atomic E-state index is -0.788. The maximum absolute atomic E-state index is 14.0. The van der Waals surface area contributed by atoms with Crippen molar-refractivity contribution in [2.45, 2.75) is 26.4 Å². The SMILES string of the molecule is CC(C)[C@H](NC(=O)c1ccccc1Cl)C(=O)N(C)Cc1c(F)cccc1Cl. The maximum Gasteiger partial charge on any atom is 0.253 e. The van der Waals surface area contributed by atoms with E-state index in [1.54, 1.807) is 37.4 Å². The predicted octanol–water partition coefficient (Wildman–Crippen LogP) is 4.55. The summed E-state index contributed by atoms with van der Waals surface area (Å²) in [7, 11) is 1.54. The number of nitrogens with zero attached hydrogens (tertiary/aromatic N) is 1. The van der Waals surface area contributed by atoms with Crippen LogP contribution in [0.1, 0.15) is 29.8 Å². The highest BCUT2D eigenvalue weighted by atomic mass is 35.5. The molecule has 7 heteroatoms. The first-order valence-electron chi connectivity index (χ1n) is 8.45. The number of nitrogens with one attached hydrogen (secondary N) is 1. The molecule has 0 fully saturated rings. The summed E-state index contributed by atoms with van der Waals surface area (Å²) in [5.41, 5.74) is 0.521.